The predicted octanol–water partition coefficient (Wildman–Crippen LogP) is 2.05. The number of ether oxygens (including phenoxy) is 1. The van der Waals surface area contributed by atoms with Gasteiger partial charge < -0.3 is 15.0 Å². The second kappa shape index (κ2) is 8.89. The first-order chi connectivity index (χ1) is 8.83. The maximum Gasteiger partial charge on any atom is 0.133 e. The Hall–Kier alpha value is -1.13. The molecule has 4 heteroatoms. The van der Waals surface area contributed by atoms with E-state index in [1.807, 2.05) is 19.2 Å². The van der Waals surface area contributed by atoms with E-state index in [1.54, 1.807) is 0 Å². The van der Waals surface area contributed by atoms with Gasteiger partial charge >= 0.3 is 0 Å². The lowest BCUT2D eigenvalue weighted by Gasteiger charge is -2.24. The molecule has 0 saturated carbocycles. The Balaban J connectivity index is 2.70. The van der Waals surface area contributed by atoms with Crippen LogP contribution in [-0.2, 0) is 11.3 Å². The second-order valence-electron chi connectivity index (χ2n) is 4.04. The third-order valence-corrected chi connectivity index (χ3v) is 2.82. The van der Waals surface area contributed by atoms with E-state index in [9.17, 15) is 0 Å². The minimum absolute atomic E-state index is 0.752. The van der Waals surface area contributed by atoms with Crippen molar-refractivity contribution >= 4 is 5.82 Å². The predicted molar refractivity (Wildman–Crippen MR) is 76.0 cm³/mol. The van der Waals surface area contributed by atoms with Crippen LogP contribution < -0.4 is 10.2 Å². The van der Waals surface area contributed by atoms with E-state index in [2.05, 4.69) is 35.1 Å². The fourth-order valence-electron chi connectivity index (χ4n) is 1.85. The molecule has 0 atom stereocenters. The maximum atomic E-state index is 5.42. The van der Waals surface area contributed by atoms with Gasteiger partial charge in [-0.25, -0.2) is 4.98 Å². The molecule has 0 bridgehead atoms. The fraction of sp³-hybridized carbons (Fsp3) is 0.643. The number of nitrogens with zero attached hydrogens (tertiary/aromatic N) is 2. The zero-order valence-electron chi connectivity index (χ0n) is 11.8. The average Bonchev–Trinajstić information content (AvgIpc) is 2.42. The van der Waals surface area contributed by atoms with Crippen LogP contribution in [0, 0.1) is 0 Å². The van der Waals surface area contributed by atoms with Gasteiger partial charge in [0.15, 0.2) is 0 Å². The third kappa shape index (κ3) is 4.63. The highest BCUT2D eigenvalue weighted by atomic mass is 16.5. The number of rotatable bonds is 9. The molecule has 0 spiro atoms. The van der Waals surface area contributed by atoms with Crippen molar-refractivity contribution < 1.29 is 4.74 Å². The van der Waals surface area contributed by atoms with Crippen molar-refractivity contribution in [3.8, 4) is 0 Å². The van der Waals surface area contributed by atoms with Crippen LogP contribution in [-0.4, -0.2) is 37.8 Å². The molecule has 0 aromatic carbocycles. The first kappa shape index (κ1) is 14.9. The summed E-state index contributed by atoms with van der Waals surface area (Å²) in [5, 5.41) is 3.35. The summed E-state index contributed by atoms with van der Waals surface area (Å²) in [6.45, 7) is 11.5. The Morgan fingerprint density at radius 1 is 1.33 bits per heavy atom. The number of pyridine rings is 1. The minimum atomic E-state index is 0.752. The Kier molecular flexibility index (Phi) is 7.37. The molecule has 0 unspecified atom stereocenters. The van der Waals surface area contributed by atoms with Gasteiger partial charge in [-0.15, -0.1) is 0 Å². The summed E-state index contributed by atoms with van der Waals surface area (Å²) in [7, 11) is 0. The second-order valence-corrected chi connectivity index (χ2v) is 4.04. The van der Waals surface area contributed by atoms with Crippen molar-refractivity contribution in [1.82, 2.24) is 10.3 Å². The molecule has 0 aliphatic carbocycles. The molecule has 0 radical (unpaired) electrons. The van der Waals surface area contributed by atoms with Gasteiger partial charge in [-0.05, 0) is 26.5 Å². The zero-order chi connectivity index (χ0) is 13.2. The normalized spacial score (nSPS) is 10.6. The smallest absolute Gasteiger partial charge is 0.133 e. The quantitative estimate of drug-likeness (QED) is 0.682. The largest absolute Gasteiger partial charge is 0.380 e. The van der Waals surface area contributed by atoms with Gasteiger partial charge in [-0.3, -0.25) is 0 Å². The highest BCUT2D eigenvalue weighted by molar-refractivity contribution is 5.46. The van der Waals surface area contributed by atoms with Gasteiger partial charge in [0.2, 0.25) is 0 Å². The van der Waals surface area contributed by atoms with Gasteiger partial charge in [0, 0.05) is 38.0 Å². The van der Waals surface area contributed by atoms with Crippen LogP contribution in [0.25, 0.3) is 0 Å². The Morgan fingerprint density at radius 3 is 2.83 bits per heavy atom. The Morgan fingerprint density at radius 2 is 2.17 bits per heavy atom. The summed E-state index contributed by atoms with van der Waals surface area (Å²) in [6, 6.07) is 4.13. The molecule has 18 heavy (non-hydrogen) atoms. The summed E-state index contributed by atoms with van der Waals surface area (Å²) in [6.07, 6.45) is 1.86. The van der Waals surface area contributed by atoms with Crippen LogP contribution in [0.4, 0.5) is 5.82 Å². The molecule has 1 heterocycles. The van der Waals surface area contributed by atoms with Crippen molar-refractivity contribution in [2.24, 2.45) is 0 Å². The van der Waals surface area contributed by atoms with E-state index in [0.717, 1.165) is 45.2 Å². The first-order valence-corrected chi connectivity index (χ1v) is 6.80. The summed E-state index contributed by atoms with van der Waals surface area (Å²) in [5.74, 6) is 1.07. The van der Waals surface area contributed by atoms with Gasteiger partial charge in [0.1, 0.15) is 5.82 Å². The molecule has 0 fully saturated rings. The van der Waals surface area contributed by atoms with Crippen LogP contribution in [0.2, 0.25) is 0 Å². The number of likely N-dealkylation sites (N-methyl/N-ethyl adjacent to an activating group) is 1. The van der Waals surface area contributed by atoms with E-state index in [-0.39, 0.29) is 0 Å². The van der Waals surface area contributed by atoms with Gasteiger partial charge in [0.05, 0.1) is 6.61 Å². The summed E-state index contributed by atoms with van der Waals surface area (Å²) < 4.78 is 5.42. The SMILES string of the molecule is CCNCc1cccnc1N(CC)CCOCC. The Labute approximate surface area is 110 Å². The number of hydrogen-bond acceptors (Lipinski definition) is 4. The molecule has 1 rings (SSSR count). The van der Waals surface area contributed by atoms with Crippen LogP contribution >= 0.6 is 0 Å². The summed E-state index contributed by atoms with van der Waals surface area (Å²) >= 11 is 0. The van der Waals surface area contributed by atoms with Crippen molar-refractivity contribution in [3.05, 3.63) is 23.9 Å². The third-order valence-electron chi connectivity index (χ3n) is 2.82. The number of hydrogen-bond donors (Lipinski definition) is 1. The van der Waals surface area contributed by atoms with E-state index in [1.165, 1.54) is 5.56 Å². The van der Waals surface area contributed by atoms with Crippen LogP contribution in [0.15, 0.2) is 18.3 Å². The van der Waals surface area contributed by atoms with E-state index < -0.39 is 0 Å². The molecular formula is C14H25N3O. The minimum Gasteiger partial charge on any atom is -0.380 e. The molecule has 0 amide bonds. The summed E-state index contributed by atoms with van der Waals surface area (Å²) in [4.78, 5) is 6.78. The lowest BCUT2D eigenvalue weighted by atomic mass is 10.2. The van der Waals surface area contributed by atoms with Crippen molar-refractivity contribution in [1.29, 1.82) is 0 Å². The average molecular weight is 251 g/mol. The van der Waals surface area contributed by atoms with E-state index in [4.69, 9.17) is 4.74 Å². The van der Waals surface area contributed by atoms with Crippen molar-refractivity contribution in [2.75, 3.05) is 37.7 Å². The molecule has 1 aromatic heterocycles. The van der Waals surface area contributed by atoms with Gasteiger partial charge in [0.25, 0.3) is 0 Å². The molecule has 4 nitrogen and oxygen atoms in total. The number of aromatic nitrogens is 1. The highest BCUT2D eigenvalue weighted by Crippen LogP contribution is 2.16. The van der Waals surface area contributed by atoms with Gasteiger partial charge in [-0.1, -0.05) is 13.0 Å². The van der Waals surface area contributed by atoms with Crippen LogP contribution in [0.1, 0.15) is 26.3 Å². The molecule has 0 aliphatic heterocycles. The molecule has 102 valence electrons. The molecule has 0 aliphatic rings. The van der Waals surface area contributed by atoms with Gasteiger partial charge in [-0.2, -0.15) is 0 Å². The van der Waals surface area contributed by atoms with E-state index >= 15 is 0 Å². The Bertz CT molecular complexity index is 331. The standard InChI is InChI=1S/C14H25N3O/c1-4-15-12-13-8-7-9-16-14(13)17(5-2)10-11-18-6-3/h7-9,15H,4-6,10-12H2,1-3H3. The summed E-state index contributed by atoms with van der Waals surface area (Å²) in [5.41, 5.74) is 1.25. The monoisotopic (exact) mass is 251 g/mol. The van der Waals surface area contributed by atoms with Crippen LogP contribution in [0.3, 0.4) is 0 Å². The van der Waals surface area contributed by atoms with E-state index in [0.29, 0.717) is 0 Å². The fourth-order valence-corrected chi connectivity index (χ4v) is 1.85. The molecule has 1 aromatic rings. The lowest BCUT2D eigenvalue weighted by Crippen LogP contribution is -2.29. The van der Waals surface area contributed by atoms with Crippen LogP contribution in [0.5, 0.6) is 0 Å². The molecular weight excluding hydrogens is 226 g/mol. The number of nitrogens with one attached hydrogen (secondary N) is 1. The molecule has 1 N–H and O–H groups in total. The van der Waals surface area contributed by atoms with Crippen molar-refractivity contribution in [3.63, 3.8) is 0 Å². The highest BCUT2D eigenvalue weighted by Gasteiger charge is 2.10. The molecule has 0 saturated heterocycles. The zero-order valence-corrected chi connectivity index (χ0v) is 11.8. The lowest BCUT2D eigenvalue weighted by molar-refractivity contribution is 0.154. The maximum absolute atomic E-state index is 5.42. The number of anilines is 1. The first-order valence-electron chi connectivity index (χ1n) is 6.80. The topological polar surface area (TPSA) is 37.4 Å². The van der Waals surface area contributed by atoms with Crippen molar-refractivity contribution in [2.45, 2.75) is 27.3 Å².